The van der Waals surface area contributed by atoms with Gasteiger partial charge in [0.2, 0.25) is 0 Å². The van der Waals surface area contributed by atoms with Crippen molar-refractivity contribution in [1.29, 1.82) is 0 Å². The molecule has 0 saturated carbocycles. The highest BCUT2D eigenvalue weighted by atomic mass is 32.2. The second-order valence-corrected chi connectivity index (χ2v) is 14.5. The number of amides is 4. The molecule has 272 valence electrons. The number of hydrogen-bond acceptors (Lipinski definition) is 18. The molecule has 0 radical (unpaired) electrons. The number of hydrogen-bond donors (Lipinski definition) is 9. The third kappa shape index (κ3) is 7.34. The van der Waals surface area contributed by atoms with E-state index in [4.69, 9.17) is 5.73 Å². The second kappa shape index (κ2) is 15.7. The highest BCUT2D eigenvalue weighted by molar-refractivity contribution is 8.00. The Labute approximate surface area is 308 Å². The van der Waals surface area contributed by atoms with Crippen LogP contribution in [-0.4, -0.2) is 117 Å². The number of nitrogens with one attached hydrogen (secondary N) is 4. The molecule has 2 unspecified atom stereocenters. The third-order valence-corrected chi connectivity index (χ3v) is 11.4. The van der Waals surface area contributed by atoms with Crippen LogP contribution < -0.4 is 27.0 Å². The molecular weight excluding hydrogens is 765 g/mol. The number of allylic oxidation sites excluding steroid dienone is 2. The van der Waals surface area contributed by atoms with Crippen LogP contribution in [-0.2, 0) is 28.8 Å². The van der Waals surface area contributed by atoms with E-state index in [0.717, 1.165) is 39.3 Å². The van der Waals surface area contributed by atoms with Gasteiger partial charge in [-0.2, -0.15) is 0 Å². The van der Waals surface area contributed by atoms with Gasteiger partial charge in [-0.25, -0.2) is 19.6 Å². The van der Waals surface area contributed by atoms with Crippen molar-refractivity contribution in [2.75, 3.05) is 22.6 Å². The topological polar surface area (TPSA) is 311 Å². The Bertz CT molecular complexity index is 2020. The van der Waals surface area contributed by atoms with Gasteiger partial charge in [-0.05, 0) is 11.1 Å². The van der Waals surface area contributed by atoms with E-state index >= 15 is 0 Å². The van der Waals surface area contributed by atoms with E-state index in [0.29, 0.717) is 11.1 Å². The van der Waals surface area contributed by atoms with Crippen molar-refractivity contribution in [3.8, 4) is 0 Å². The number of fused-ring (bicyclic) bond motifs is 1. The fourth-order valence-corrected chi connectivity index (χ4v) is 8.80. The second-order valence-electron chi connectivity index (χ2n) is 10.5. The monoisotopic (exact) mass is 790 g/mol. The van der Waals surface area contributed by atoms with Gasteiger partial charge in [0.05, 0.1) is 0 Å². The van der Waals surface area contributed by atoms with Crippen LogP contribution in [0.15, 0.2) is 68.9 Å². The smallest absolute Gasteiger partial charge is 0.352 e. The number of anilines is 2. The molecule has 20 nitrogen and oxygen atoms in total. The lowest BCUT2D eigenvalue weighted by molar-refractivity contribution is -0.150. The minimum atomic E-state index is -1.56. The number of nitrogen functional groups attached to an aromatic ring is 1. The molecule has 3 aliphatic heterocycles. The molecule has 4 atom stereocenters. The number of carboxylic acids is 2. The van der Waals surface area contributed by atoms with Gasteiger partial charge in [0.1, 0.15) is 45.6 Å². The summed E-state index contributed by atoms with van der Waals surface area (Å²) >= 11 is 4.00. The number of carbonyl (C=O) groups excluding carboxylic acids is 4. The van der Waals surface area contributed by atoms with Crippen molar-refractivity contribution >= 4 is 103 Å². The van der Waals surface area contributed by atoms with Gasteiger partial charge in [0.15, 0.2) is 21.7 Å². The van der Waals surface area contributed by atoms with Crippen LogP contribution in [0.25, 0.3) is 0 Å². The van der Waals surface area contributed by atoms with E-state index in [2.05, 4.69) is 54.7 Å². The average Bonchev–Trinajstić information content (AvgIpc) is 3.77. The van der Waals surface area contributed by atoms with Crippen LogP contribution in [0.2, 0.25) is 0 Å². The molecule has 1 saturated heterocycles. The molecule has 24 heteroatoms. The number of β-lactam (4-membered cyclic amide) rings is 1. The Morgan fingerprint density at radius 2 is 1.60 bits per heavy atom. The Hall–Kier alpha value is -5.72. The molecule has 0 aliphatic carbocycles. The molecule has 1 fully saturated rings. The van der Waals surface area contributed by atoms with Crippen molar-refractivity contribution in [2.45, 2.75) is 22.8 Å². The van der Waals surface area contributed by atoms with E-state index < -0.39 is 69.8 Å². The third-order valence-electron chi connectivity index (χ3n) is 7.46. The highest BCUT2D eigenvalue weighted by Crippen LogP contribution is 2.40. The SMILES string of the molecule is C=CC1=C(C(=O)O)NC(C(NC(=O)/C(=N\O)c2csc(N)n2)C(=O)Nc2nc(/C(=N/O)C(=O)N[C@@H]3C(=O)N4C(C(=O)O)=C(C=C)CS[C@H]34)cs2)SC1. The minimum absolute atomic E-state index is 0.0655. The number of nitrogens with two attached hydrogens (primary N) is 1. The summed E-state index contributed by atoms with van der Waals surface area (Å²) in [6.45, 7) is 7.18. The molecular formula is C28H26N10O10S4. The van der Waals surface area contributed by atoms with Crippen LogP contribution in [0.5, 0.6) is 0 Å². The molecule has 0 spiro atoms. The van der Waals surface area contributed by atoms with Gasteiger partial charge in [-0.3, -0.25) is 24.1 Å². The number of rotatable bonds is 13. The molecule has 10 N–H and O–H groups in total. The first-order valence-corrected chi connectivity index (χ1v) is 18.2. The molecule has 2 aromatic rings. The minimum Gasteiger partial charge on any atom is -0.477 e. The van der Waals surface area contributed by atoms with Crippen LogP contribution in [0, 0.1) is 0 Å². The van der Waals surface area contributed by atoms with Crippen molar-refractivity contribution in [1.82, 2.24) is 30.8 Å². The standard InChI is InChI=1S/C28H26N10O10S4/c1-3-9-5-49-22(34-13(9)25(43)44)16(32-19(39)14(36-47)11-7-51-27(29)30-11)21(41)35-28-31-12(8-52-28)15(37-48)20(40)33-17-23(42)38-18(26(45)46)10(4-2)6-50-24(17)38/h3-4,7-8,16-17,22,24,34,47-48H,1-2,5-6H2,(H2,29,30)(H,32,39)(H,33,40)(H,43,44)(H,45,46)(H,31,35,41)/b36-14-,37-15-/t16?,17-,22?,24-/m1/s1. The maximum atomic E-state index is 13.7. The van der Waals surface area contributed by atoms with Crippen molar-refractivity contribution in [2.24, 2.45) is 10.3 Å². The van der Waals surface area contributed by atoms with Gasteiger partial charge in [-0.15, -0.1) is 46.2 Å². The zero-order valence-electron chi connectivity index (χ0n) is 26.1. The van der Waals surface area contributed by atoms with Crippen LogP contribution in [0.3, 0.4) is 0 Å². The first-order chi connectivity index (χ1) is 24.8. The van der Waals surface area contributed by atoms with Gasteiger partial charge in [-0.1, -0.05) is 35.6 Å². The fourth-order valence-electron chi connectivity index (χ4n) is 5.01. The van der Waals surface area contributed by atoms with E-state index in [1.54, 1.807) is 0 Å². The van der Waals surface area contributed by atoms with E-state index in [-0.39, 0.29) is 44.6 Å². The van der Waals surface area contributed by atoms with Gasteiger partial charge < -0.3 is 47.6 Å². The first kappa shape index (κ1) is 37.5. The van der Waals surface area contributed by atoms with Crippen LogP contribution in [0.1, 0.15) is 11.4 Å². The van der Waals surface area contributed by atoms with E-state index in [1.807, 2.05) is 0 Å². The van der Waals surface area contributed by atoms with E-state index in [1.165, 1.54) is 34.7 Å². The largest absolute Gasteiger partial charge is 0.477 e. The Balaban J connectivity index is 1.33. The summed E-state index contributed by atoms with van der Waals surface area (Å²) in [5.74, 6) is -6.11. The number of aromatic nitrogens is 2. The lowest BCUT2D eigenvalue weighted by Crippen LogP contribution is -2.71. The lowest BCUT2D eigenvalue weighted by atomic mass is 10.0. The molecule has 2 aromatic heterocycles. The number of carbonyl (C=O) groups is 6. The molecule has 52 heavy (non-hydrogen) atoms. The highest BCUT2D eigenvalue weighted by Gasteiger charge is 2.54. The summed E-state index contributed by atoms with van der Waals surface area (Å²) in [5, 5.41) is 55.3. The normalized spacial score (nSPS) is 20.9. The van der Waals surface area contributed by atoms with Crippen molar-refractivity contribution in [3.05, 3.63) is 70.0 Å². The summed E-state index contributed by atoms with van der Waals surface area (Å²) in [6.07, 6.45) is 2.67. The Morgan fingerprint density at radius 3 is 2.19 bits per heavy atom. The van der Waals surface area contributed by atoms with Crippen LogP contribution in [0.4, 0.5) is 10.3 Å². The number of carboxylic acid groups (broad SMARTS) is 2. The molecule has 5 rings (SSSR count). The zero-order chi connectivity index (χ0) is 37.9. The predicted octanol–water partition coefficient (Wildman–Crippen LogP) is -0.226. The molecule has 4 amide bonds. The number of aliphatic carboxylic acids is 2. The zero-order valence-corrected chi connectivity index (χ0v) is 29.4. The Morgan fingerprint density at radius 1 is 0.962 bits per heavy atom. The van der Waals surface area contributed by atoms with Crippen molar-refractivity contribution in [3.63, 3.8) is 0 Å². The number of thiazole rings is 2. The first-order valence-electron chi connectivity index (χ1n) is 14.4. The number of thioether (sulfide) groups is 2. The molecule has 0 bridgehead atoms. The van der Waals surface area contributed by atoms with Gasteiger partial charge >= 0.3 is 11.9 Å². The Kier molecular flexibility index (Phi) is 11.3. The maximum absolute atomic E-state index is 13.7. The molecule has 0 aromatic carbocycles. The lowest BCUT2D eigenvalue weighted by Gasteiger charge is -2.49. The predicted molar refractivity (Wildman–Crippen MR) is 190 cm³/mol. The maximum Gasteiger partial charge on any atom is 0.352 e. The van der Waals surface area contributed by atoms with Crippen LogP contribution >= 0.6 is 46.2 Å². The quantitative estimate of drug-likeness (QED) is 0.0548. The summed E-state index contributed by atoms with van der Waals surface area (Å²) in [4.78, 5) is 85.8. The average molecular weight is 791 g/mol. The number of oxime groups is 2. The summed E-state index contributed by atoms with van der Waals surface area (Å²) < 4.78 is 0. The van der Waals surface area contributed by atoms with Crippen molar-refractivity contribution < 1.29 is 49.4 Å². The van der Waals surface area contributed by atoms with E-state index in [9.17, 15) is 49.4 Å². The summed E-state index contributed by atoms with van der Waals surface area (Å²) in [7, 11) is 0. The molecule has 3 aliphatic rings. The summed E-state index contributed by atoms with van der Waals surface area (Å²) in [6, 6.07) is -2.71. The number of nitrogens with zero attached hydrogens (tertiary/aromatic N) is 5. The fraction of sp³-hybridized carbons (Fsp3) is 0.214. The summed E-state index contributed by atoms with van der Waals surface area (Å²) in [5.41, 5.74) is 4.24. The van der Waals surface area contributed by atoms with Gasteiger partial charge in [0.25, 0.3) is 23.6 Å². The molecule has 5 heterocycles. The van der Waals surface area contributed by atoms with Gasteiger partial charge in [0, 0.05) is 22.3 Å².